The van der Waals surface area contributed by atoms with E-state index in [2.05, 4.69) is 21.0 Å². The van der Waals surface area contributed by atoms with Crippen LogP contribution in [0.1, 0.15) is 26.3 Å². The molecule has 0 bridgehead atoms. The fourth-order valence-electron chi connectivity index (χ4n) is 3.47. The summed E-state index contributed by atoms with van der Waals surface area (Å²) in [6.45, 7) is 0. The molecule has 1 aromatic heterocycles. The molecule has 4 rings (SSSR count). The van der Waals surface area contributed by atoms with Crippen molar-refractivity contribution >= 4 is 50.3 Å². The lowest BCUT2D eigenvalue weighted by atomic mass is 10.0. The quantitative estimate of drug-likeness (QED) is 0.294. The Balaban J connectivity index is 2.07. The van der Waals surface area contributed by atoms with Gasteiger partial charge in [-0.15, -0.1) is 0 Å². The number of hydrogen-bond donors (Lipinski definition) is 1. The number of hydrogen-bond acceptors (Lipinski definition) is 3. The van der Waals surface area contributed by atoms with Gasteiger partial charge in [0.05, 0.1) is 32.6 Å². The molecule has 0 aliphatic heterocycles. The van der Waals surface area contributed by atoms with Crippen LogP contribution in [-0.2, 0) is 6.18 Å². The third kappa shape index (κ3) is 4.00. The normalized spacial score (nSPS) is 11.7. The van der Waals surface area contributed by atoms with Crippen LogP contribution in [-0.4, -0.2) is 26.8 Å². The van der Waals surface area contributed by atoms with Crippen molar-refractivity contribution in [3.8, 4) is 11.3 Å². The summed E-state index contributed by atoms with van der Waals surface area (Å²) in [5, 5.41) is 12.9. The Morgan fingerprint density at radius 1 is 1.06 bits per heavy atom. The number of fused-ring (bicyclic) bond motifs is 1. The number of carboxylic acids is 1. The lowest BCUT2D eigenvalue weighted by Gasteiger charge is -2.13. The molecule has 0 fully saturated rings. The van der Waals surface area contributed by atoms with Crippen molar-refractivity contribution in [2.24, 2.45) is 0 Å². The summed E-state index contributed by atoms with van der Waals surface area (Å²) in [5.74, 6) is -3.44. The molecule has 0 amide bonds. The second-order valence-corrected chi connectivity index (χ2v) is 8.18. The molecule has 0 aliphatic carbocycles. The van der Waals surface area contributed by atoms with Crippen LogP contribution < -0.4 is 0 Å². The molecule has 0 saturated carbocycles. The largest absolute Gasteiger partial charge is 0.478 e. The first-order valence-corrected chi connectivity index (χ1v) is 10.3. The van der Waals surface area contributed by atoms with Crippen molar-refractivity contribution in [1.29, 1.82) is 0 Å². The van der Waals surface area contributed by atoms with E-state index in [1.165, 1.54) is 30.3 Å². The number of aromatic carboxylic acids is 1. The second kappa shape index (κ2) is 8.27. The average Bonchev–Trinajstić information content (AvgIpc) is 3.12. The minimum Gasteiger partial charge on any atom is -0.478 e. The highest BCUT2D eigenvalue weighted by atomic mass is 79.9. The van der Waals surface area contributed by atoms with Gasteiger partial charge in [0, 0.05) is 10.0 Å². The van der Waals surface area contributed by atoms with Gasteiger partial charge in [0.15, 0.2) is 0 Å². The Bertz CT molecular complexity index is 1450. The summed E-state index contributed by atoms with van der Waals surface area (Å²) < 4.78 is 56.5. The molecule has 5 nitrogen and oxygen atoms in total. The number of aromatic nitrogens is 2. The first kappa shape index (κ1) is 22.9. The summed E-state index contributed by atoms with van der Waals surface area (Å²) in [6, 6.07) is 10.8. The molecule has 0 aliphatic rings. The van der Waals surface area contributed by atoms with Crippen LogP contribution in [0.3, 0.4) is 0 Å². The smallest absolute Gasteiger partial charge is 0.417 e. The standard InChI is InChI=1S/C22H10BrClF4N2O3/c23-10-8-15(25)18-16(9-10)30(29-19(18)11-4-1-2-5-12(11)21(32)33)20(31)17-13(22(26,27)28)6-3-7-14(17)24/h1-9H,(H,32,33). The molecule has 33 heavy (non-hydrogen) atoms. The maximum atomic E-state index is 15.0. The van der Waals surface area contributed by atoms with E-state index in [1.54, 1.807) is 0 Å². The molecule has 0 radical (unpaired) electrons. The van der Waals surface area contributed by atoms with E-state index in [9.17, 15) is 27.9 Å². The zero-order valence-corrected chi connectivity index (χ0v) is 18.5. The van der Waals surface area contributed by atoms with Gasteiger partial charge < -0.3 is 5.11 Å². The van der Waals surface area contributed by atoms with E-state index in [1.807, 2.05) is 0 Å². The second-order valence-electron chi connectivity index (χ2n) is 6.86. The van der Waals surface area contributed by atoms with Crippen LogP contribution in [0, 0.1) is 5.82 Å². The molecule has 1 N–H and O–H groups in total. The Kier molecular flexibility index (Phi) is 5.75. The molecular formula is C22H10BrClF4N2O3. The predicted octanol–water partition coefficient (Wildman–Crippen LogP) is 6.66. The number of carboxylic acid groups (broad SMARTS) is 1. The topological polar surface area (TPSA) is 72.2 Å². The van der Waals surface area contributed by atoms with Crippen LogP contribution in [0.5, 0.6) is 0 Å². The highest BCUT2D eigenvalue weighted by Gasteiger charge is 2.37. The number of halogens is 6. The van der Waals surface area contributed by atoms with Crippen molar-refractivity contribution in [3.63, 3.8) is 0 Å². The molecule has 3 aromatic carbocycles. The van der Waals surface area contributed by atoms with Crippen LogP contribution in [0.25, 0.3) is 22.2 Å². The van der Waals surface area contributed by atoms with E-state index >= 15 is 4.39 Å². The highest BCUT2D eigenvalue weighted by molar-refractivity contribution is 9.10. The molecule has 0 spiro atoms. The van der Waals surface area contributed by atoms with Crippen molar-refractivity contribution in [3.05, 3.63) is 86.6 Å². The Morgan fingerprint density at radius 3 is 2.42 bits per heavy atom. The first-order valence-electron chi connectivity index (χ1n) is 9.11. The summed E-state index contributed by atoms with van der Waals surface area (Å²) in [6.07, 6.45) is -4.90. The fraction of sp³-hybridized carbons (Fsp3) is 0.0455. The summed E-state index contributed by atoms with van der Waals surface area (Å²) in [5.41, 5.74) is -2.79. The number of carbonyl (C=O) groups excluding carboxylic acids is 1. The SMILES string of the molecule is O=C(O)c1ccccc1-c1nn(C(=O)c2c(Cl)cccc2C(F)(F)F)c2cc(Br)cc(F)c12. The average molecular weight is 542 g/mol. The van der Waals surface area contributed by atoms with Gasteiger partial charge in [0.1, 0.15) is 11.5 Å². The lowest BCUT2D eigenvalue weighted by Crippen LogP contribution is -2.20. The molecule has 1 heterocycles. The fourth-order valence-corrected chi connectivity index (χ4v) is 4.14. The van der Waals surface area contributed by atoms with Crippen LogP contribution in [0.4, 0.5) is 17.6 Å². The highest BCUT2D eigenvalue weighted by Crippen LogP contribution is 2.38. The lowest BCUT2D eigenvalue weighted by molar-refractivity contribution is -0.137. The molecule has 168 valence electrons. The third-order valence-electron chi connectivity index (χ3n) is 4.84. The van der Waals surface area contributed by atoms with Crippen molar-refractivity contribution in [1.82, 2.24) is 9.78 Å². The summed E-state index contributed by atoms with van der Waals surface area (Å²) in [7, 11) is 0. The van der Waals surface area contributed by atoms with E-state index in [4.69, 9.17) is 11.6 Å². The van der Waals surface area contributed by atoms with Gasteiger partial charge in [-0.25, -0.2) is 9.18 Å². The van der Waals surface area contributed by atoms with Gasteiger partial charge in [-0.3, -0.25) is 4.79 Å². The predicted molar refractivity (Wildman–Crippen MR) is 116 cm³/mol. The van der Waals surface area contributed by atoms with Crippen molar-refractivity contribution in [2.45, 2.75) is 6.18 Å². The van der Waals surface area contributed by atoms with Gasteiger partial charge in [-0.2, -0.15) is 23.0 Å². The molecule has 0 atom stereocenters. The molecule has 0 unspecified atom stereocenters. The maximum absolute atomic E-state index is 15.0. The number of benzene rings is 3. The van der Waals surface area contributed by atoms with Gasteiger partial charge in [0.2, 0.25) is 0 Å². The van der Waals surface area contributed by atoms with Gasteiger partial charge in [-0.1, -0.05) is 51.8 Å². The number of carbonyl (C=O) groups is 2. The Hall–Kier alpha value is -3.24. The van der Waals surface area contributed by atoms with E-state index in [-0.39, 0.29) is 32.2 Å². The molecule has 4 aromatic rings. The van der Waals surface area contributed by atoms with Crippen molar-refractivity contribution < 1.29 is 32.3 Å². The van der Waals surface area contributed by atoms with E-state index < -0.39 is 40.0 Å². The van der Waals surface area contributed by atoms with Gasteiger partial charge >= 0.3 is 12.1 Å². The zero-order chi connectivity index (χ0) is 24.1. The van der Waals surface area contributed by atoms with Gasteiger partial charge in [0.25, 0.3) is 5.91 Å². The molecular weight excluding hydrogens is 532 g/mol. The van der Waals surface area contributed by atoms with E-state index in [0.29, 0.717) is 10.7 Å². The van der Waals surface area contributed by atoms with Crippen molar-refractivity contribution in [2.75, 3.05) is 0 Å². The number of nitrogens with zero attached hydrogens (tertiary/aromatic N) is 2. The number of rotatable bonds is 3. The Labute approximate surface area is 196 Å². The minimum atomic E-state index is -4.90. The number of alkyl halides is 3. The summed E-state index contributed by atoms with van der Waals surface area (Å²) >= 11 is 9.06. The van der Waals surface area contributed by atoms with Crippen LogP contribution in [0.15, 0.2) is 59.1 Å². The molecule has 11 heteroatoms. The Morgan fingerprint density at radius 2 is 1.76 bits per heavy atom. The first-order chi connectivity index (χ1) is 15.5. The summed E-state index contributed by atoms with van der Waals surface area (Å²) in [4.78, 5) is 25.0. The minimum absolute atomic E-state index is 0.0158. The van der Waals surface area contributed by atoms with Crippen LogP contribution in [0.2, 0.25) is 5.02 Å². The monoisotopic (exact) mass is 540 g/mol. The van der Waals surface area contributed by atoms with E-state index in [0.717, 1.165) is 18.2 Å². The zero-order valence-electron chi connectivity index (χ0n) is 16.1. The van der Waals surface area contributed by atoms with Crippen LogP contribution >= 0.6 is 27.5 Å². The van der Waals surface area contributed by atoms with Gasteiger partial charge in [-0.05, 0) is 30.3 Å². The third-order valence-corrected chi connectivity index (χ3v) is 5.61. The molecule has 0 saturated heterocycles. The maximum Gasteiger partial charge on any atom is 0.417 e.